The summed E-state index contributed by atoms with van der Waals surface area (Å²) in [5.74, 6) is -0.280. The Balaban J connectivity index is 0.00000135. The van der Waals surface area contributed by atoms with Crippen molar-refractivity contribution in [2.24, 2.45) is 0 Å². The van der Waals surface area contributed by atoms with Crippen LogP contribution in [-0.2, 0) is 9.59 Å². The molecule has 0 bridgehead atoms. The Morgan fingerprint density at radius 1 is 1.14 bits per heavy atom. The molecule has 117 valence electrons. The minimum absolute atomic E-state index is 0.0259. The van der Waals surface area contributed by atoms with E-state index >= 15 is 0 Å². The fraction of sp³-hybridized carbons (Fsp3) is 0.250. The number of hydrogen-bond acceptors (Lipinski definition) is 3. The first-order valence-corrected chi connectivity index (χ1v) is 6.57. The predicted molar refractivity (Wildman–Crippen MR) is 87.2 cm³/mol. The summed E-state index contributed by atoms with van der Waals surface area (Å²) >= 11 is 0. The molecule has 0 amide bonds. The molecule has 0 atom stereocenters. The number of halogens is 2. The summed E-state index contributed by atoms with van der Waals surface area (Å²) in [6.45, 7) is 1.41. The summed E-state index contributed by atoms with van der Waals surface area (Å²) in [6, 6.07) is 8.09. The van der Waals surface area contributed by atoms with Crippen molar-refractivity contribution < 1.29 is 18.2 Å². The molecule has 1 aromatic carbocycles. The first-order valence-electron chi connectivity index (χ1n) is 6.57. The van der Waals surface area contributed by atoms with Gasteiger partial charge in [0, 0.05) is 19.8 Å². The topological polar surface area (TPSA) is 37.4 Å². The molecule has 0 aliphatic rings. The average Bonchev–Trinajstić information content (AvgIpc) is 2.44. The number of carbonyl (C=O) groups is 2. The van der Waals surface area contributed by atoms with Crippen LogP contribution in [0.3, 0.4) is 0 Å². The maximum absolute atomic E-state index is 11.2. The molecule has 0 N–H and O–H groups in total. The van der Waals surface area contributed by atoms with E-state index in [0.717, 1.165) is 11.3 Å². The molecule has 0 spiro atoms. The number of benzene rings is 1. The van der Waals surface area contributed by atoms with Gasteiger partial charge in [0.25, 0.3) is 0 Å². The van der Waals surface area contributed by atoms with E-state index in [9.17, 15) is 18.2 Å². The van der Waals surface area contributed by atoms with Gasteiger partial charge in [-0.3, -0.25) is 18.2 Å². The van der Waals surface area contributed by atoms with Crippen molar-refractivity contribution in [3.05, 3.63) is 48.1 Å². The fourth-order valence-electron chi connectivity index (χ4n) is 1.52. The van der Waals surface area contributed by atoms with E-state index in [1.165, 1.54) is 13.0 Å². The van der Waals surface area contributed by atoms with Crippen LogP contribution < -0.4 is 4.90 Å². The van der Waals surface area contributed by atoms with Crippen molar-refractivity contribution in [2.45, 2.75) is 13.3 Å². The largest absolute Gasteiger partial charge is 0.577 e. The van der Waals surface area contributed by atoms with Crippen molar-refractivity contribution >= 4 is 31.2 Å². The maximum Gasteiger partial charge on any atom is 0.577 e. The van der Waals surface area contributed by atoms with E-state index in [1.54, 1.807) is 12.2 Å². The van der Waals surface area contributed by atoms with Gasteiger partial charge in [-0.1, -0.05) is 30.4 Å². The van der Waals surface area contributed by atoms with Crippen LogP contribution in [0.2, 0.25) is 0 Å². The predicted octanol–water partition coefficient (Wildman–Crippen LogP) is 3.33. The molecule has 1 aromatic rings. The van der Waals surface area contributed by atoms with Gasteiger partial charge < -0.3 is 4.90 Å². The number of ketones is 2. The zero-order chi connectivity index (χ0) is 17.0. The second-order valence-corrected chi connectivity index (χ2v) is 4.63. The number of hydrogen-bond donors (Lipinski definition) is 0. The smallest absolute Gasteiger partial charge is 0.378 e. The molecular formula is C16H19BF2NO2. The maximum atomic E-state index is 11.2. The molecule has 0 aromatic heterocycles. The van der Waals surface area contributed by atoms with E-state index in [-0.39, 0.29) is 18.0 Å². The van der Waals surface area contributed by atoms with Crippen LogP contribution in [0.25, 0.3) is 6.08 Å². The Morgan fingerprint density at radius 3 is 2.14 bits per heavy atom. The van der Waals surface area contributed by atoms with Gasteiger partial charge in [-0.2, -0.15) is 0 Å². The Labute approximate surface area is 130 Å². The molecule has 3 nitrogen and oxygen atoms in total. The third kappa shape index (κ3) is 9.63. The van der Waals surface area contributed by atoms with Crippen molar-refractivity contribution in [2.75, 3.05) is 19.0 Å². The zero-order valence-corrected chi connectivity index (χ0v) is 12.9. The second-order valence-electron chi connectivity index (χ2n) is 4.63. The van der Waals surface area contributed by atoms with Crippen molar-refractivity contribution in [1.29, 1.82) is 0 Å². The first kappa shape index (κ1) is 19.8. The van der Waals surface area contributed by atoms with Gasteiger partial charge in [0.05, 0.1) is 6.42 Å². The summed E-state index contributed by atoms with van der Waals surface area (Å²) in [4.78, 5) is 24.0. The highest BCUT2D eigenvalue weighted by Gasteiger charge is 1.99. The lowest BCUT2D eigenvalue weighted by Gasteiger charge is -2.11. The van der Waals surface area contributed by atoms with E-state index in [0.29, 0.717) is 0 Å². The van der Waals surface area contributed by atoms with Crippen molar-refractivity contribution in [3.63, 3.8) is 0 Å². The van der Waals surface area contributed by atoms with Gasteiger partial charge in [0.1, 0.15) is 5.78 Å². The SMILES string of the molecule is CC(=O)CC(=O)C=CC=Cc1ccc(N(C)C)cc1.F[B]F. The van der Waals surface area contributed by atoms with Gasteiger partial charge in [-0.05, 0) is 30.7 Å². The Morgan fingerprint density at radius 2 is 1.68 bits per heavy atom. The lowest BCUT2D eigenvalue weighted by molar-refractivity contribution is -0.123. The molecule has 0 fully saturated rings. The highest BCUT2D eigenvalue weighted by Crippen LogP contribution is 2.13. The highest BCUT2D eigenvalue weighted by molar-refractivity contribution is 6.15. The van der Waals surface area contributed by atoms with Gasteiger partial charge in [-0.25, -0.2) is 0 Å². The van der Waals surface area contributed by atoms with E-state index in [4.69, 9.17) is 0 Å². The van der Waals surface area contributed by atoms with E-state index in [1.807, 2.05) is 49.3 Å². The molecule has 0 aliphatic heterocycles. The number of rotatable bonds is 6. The van der Waals surface area contributed by atoms with Crippen LogP contribution in [0.15, 0.2) is 42.5 Å². The minimum Gasteiger partial charge on any atom is -0.378 e. The summed E-state index contributed by atoms with van der Waals surface area (Å²) in [5.41, 5.74) is 2.21. The molecular weight excluding hydrogens is 287 g/mol. The molecule has 22 heavy (non-hydrogen) atoms. The number of allylic oxidation sites excluding steroid dienone is 3. The number of anilines is 1. The molecule has 0 unspecified atom stereocenters. The summed E-state index contributed by atoms with van der Waals surface area (Å²) in [7, 11) is 2.99. The molecule has 1 rings (SSSR count). The van der Waals surface area contributed by atoms with Crippen molar-refractivity contribution in [3.8, 4) is 0 Å². The standard InChI is InChI=1S/C16H19NO2.BF2/c1-13(18)12-16(19)7-5-4-6-14-8-10-15(11-9-14)17(2)3;2-1-3/h4-11H,12H2,1-3H3;. The zero-order valence-electron chi connectivity index (χ0n) is 12.9. The molecule has 0 saturated carbocycles. The minimum atomic E-state index is -1.00. The second kappa shape index (κ2) is 11.4. The Kier molecular flexibility index (Phi) is 10.3. The lowest BCUT2D eigenvalue weighted by atomic mass is 10.1. The van der Waals surface area contributed by atoms with Gasteiger partial charge in [0.15, 0.2) is 5.78 Å². The summed E-state index contributed by atoms with van der Waals surface area (Å²) in [5, 5.41) is 0. The van der Waals surface area contributed by atoms with Crippen LogP contribution in [0.1, 0.15) is 18.9 Å². The monoisotopic (exact) mass is 306 g/mol. The summed E-state index contributed by atoms with van der Waals surface area (Å²) in [6.07, 6.45) is 6.76. The molecule has 1 radical (unpaired) electrons. The van der Waals surface area contributed by atoms with E-state index < -0.39 is 7.83 Å². The molecule has 0 saturated heterocycles. The molecule has 0 aliphatic carbocycles. The normalized spacial score (nSPS) is 10.2. The lowest BCUT2D eigenvalue weighted by Crippen LogP contribution is -2.07. The molecule has 0 heterocycles. The third-order valence-electron chi connectivity index (χ3n) is 2.51. The number of carbonyl (C=O) groups excluding carboxylic acids is 2. The van der Waals surface area contributed by atoms with Crippen molar-refractivity contribution in [1.82, 2.24) is 0 Å². The van der Waals surface area contributed by atoms with Gasteiger partial charge >= 0.3 is 7.83 Å². The summed E-state index contributed by atoms with van der Waals surface area (Å²) < 4.78 is 19.0. The number of Topliss-reactive ketones (excluding diaryl/α,β-unsaturated/α-hetero) is 1. The highest BCUT2D eigenvalue weighted by atomic mass is 19.2. The van der Waals surface area contributed by atoms with Crippen LogP contribution >= 0.6 is 0 Å². The van der Waals surface area contributed by atoms with Gasteiger partial charge in [-0.15, -0.1) is 0 Å². The van der Waals surface area contributed by atoms with Gasteiger partial charge in [0.2, 0.25) is 0 Å². The Hall–Kier alpha value is -2.24. The first-order chi connectivity index (χ1) is 10.4. The fourth-order valence-corrected chi connectivity index (χ4v) is 1.52. The van der Waals surface area contributed by atoms with E-state index in [2.05, 4.69) is 0 Å². The van der Waals surface area contributed by atoms with Crippen LogP contribution in [0.5, 0.6) is 0 Å². The quantitative estimate of drug-likeness (QED) is 0.350. The average molecular weight is 306 g/mol. The Bertz CT molecular complexity index is 525. The number of nitrogens with zero attached hydrogens (tertiary/aromatic N) is 1. The molecule has 6 heteroatoms. The third-order valence-corrected chi connectivity index (χ3v) is 2.51. The van der Waals surface area contributed by atoms with Crippen LogP contribution in [-0.4, -0.2) is 33.5 Å². The van der Waals surface area contributed by atoms with Crippen LogP contribution in [0, 0.1) is 0 Å². The van der Waals surface area contributed by atoms with Crippen LogP contribution in [0.4, 0.5) is 14.3 Å².